The minimum Gasteiger partial charge on any atom is -0.290 e. The molecule has 1 saturated heterocycles. The second kappa shape index (κ2) is 6.72. The van der Waals surface area contributed by atoms with Crippen LogP contribution in [0.5, 0.6) is 0 Å². The van der Waals surface area contributed by atoms with Gasteiger partial charge in [0.1, 0.15) is 22.1 Å². The number of rotatable bonds is 4. The summed E-state index contributed by atoms with van der Waals surface area (Å²) >= 11 is 6.10. The smallest absolute Gasteiger partial charge is 0.290 e. The number of likely N-dealkylation sites (tertiary alicyclic amines) is 1. The quantitative estimate of drug-likeness (QED) is 0.619. The van der Waals surface area contributed by atoms with Gasteiger partial charge in [0.2, 0.25) is 0 Å². The molecule has 144 valence electrons. The topological polar surface area (TPSA) is 70.6 Å². The fourth-order valence-corrected chi connectivity index (χ4v) is 3.78. The summed E-state index contributed by atoms with van der Waals surface area (Å²) in [5.41, 5.74) is 0.934. The molecule has 3 aromatic heterocycles. The maximum atomic E-state index is 12.6. The number of nitriles is 1. The molecule has 3 aromatic rings. The largest absolute Gasteiger partial charge is 0.401 e. The van der Waals surface area contributed by atoms with Gasteiger partial charge in [-0.1, -0.05) is 11.6 Å². The first-order valence-corrected chi connectivity index (χ1v) is 8.81. The van der Waals surface area contributed by atoms with Crippen molar-refractivity contribution in [2.45, 2.75) is 18.1 Å². The second-order valence-electron chi connectivity index (χ2n) is 6.83. The van der Waals surface area contributed by atoms with Crippen molar-refractivity contribution < 1.29 is 13.2 Å². The minimum atomic E-state index is -4.27. The van der Waals surface area contributed by atoms with Crippen LogP contribution in [0.1, 0.15) is 6.42 Å². The second-order valence-corrected chi connectivity index (χ2v) is 7.22. The van der Waals surface area contributed by atoms with Gasteiger partial charge in [-0.15, -0.1) is 0 Å². The van der Waals surface area contributed by atoms with E-state index < -0.39 is 18.3 Å². The van der Waals surface area contributed by atoms with E-state index in [0.717, 1.165) is 5.39 Å². The highest BCUT2D eigenvalue weighted by molar-refractivity contribution is 6.30. The third-order valence-electron chi connectivity index (χ3n) is 4.73. The highest BCUT2D eigenvalue weighted by atomic mass is 35.5. The van der Waals surface area contributed by atoms with E-state index >= 15 is 0 Å². The first kappa shape index (κ1) is 18.7. The van der Waals surface area contributed by atoms with Gasteiger partial charge >= 0.3 is 6.18 Å². The molecular formula is C18H14ClF3N6. The lowest BCUT2D eigenvalue weighted by molar-refractivity contribution is -0.167. The minimum absolute atomic E-state index is 0.0632. The molecule has 0 radical (unpaired) electrons. The van der Waals surface area contributed by atoms with Gasteiger partial charge in [-0.3, -0.25) is 14.6 Å². The molecule has 1 aliphatic rings. The van der Waals surface area contributed by atoms with Gasteiger partial charge in [-0.25, -0.2) is 4.98 Å². The molecule has 0 aromatic carbocycles. The summed E-state index contributed by atoms with van der Waals surface area (Å²) in [6.07, 6.45) is -0.895. The Morgan fingerprint density at radius 1 is 1.29 bits per heavy atom. The van der Waals surface area contributed by atoms with E-state index in [1.807, 2.05) is 6.07 Å². The molecule has 10 heteroatoms. The van der Waals surface area contributed by atoms with Crippen molar-refractivity contribution >= 4 is 22.5 Å². The van der Waals surface area contributed by atoms with Gasteiger partial charge in [-0.2, -0.15) is 23.5 Å². The Hall–Kier alpha value is -2.70. The van der Waals surface area contributed by atoms with Crippen LogP contribution in [0.3, 0.4) is 0 Å². The van der Waals surface area contributed by atoms with Crippen LogP contribution in [0.4, 0.5) is 13.2 Å². The van der Waals surface area contributed by atoms with E-state index in [-0.39, 0.29) is 24.7 Å². The summed E-state index contributed by atoms with van der Waals surface area (Å²) in [5.74, 6) is 0. The molecule has 0 atom stereocenters. The molecule has 0 aliphatic carbocycles. The molecular weight excluding hydrogens is 393 g/mol. The third kappa shape index (κ3) is 3.41. The van der Waals surface area contributed by atoms with Crippen LogP contribution in [0, 0.1) is 11.3 Å². The molecule has 28 heavy (non-hydrogen) atoms. The average Bonchev–Trinajstić information content (AvgIpc) is 3.08. The molecule has 1 aliphatic heterocycles. The van der Waals surface area contributed by atoms with Gasteiger partial charge in [0, 0.05) is 36.9 Å². The lowest BCUT2D eigenvalue weighted by Gasteiger charge is -2.49. The van der Waals surface area contributed by atoms with Crippen molar-refractivity contribution in [2.24, 2.45) is 0 Å². The Balaban J connectivity index is 1.67. The molecule has 0 amide bonds. The van der Waals surface area contributed by atoms with E-state index in [1.165, 1.54) is 4.90 Å². The number of pyridine rings is 2. The van der Waals surface area contributed by atoms with Gasteiger partial charge in [0.25, 0.3) is 0 Å². The number of hydrogen-bond donors (Lipinski definition) is 0. The van der Waals surface area contributed by atoms with Crippen molar-refractivity contribution in [3.8, 4) is 17.5 Å². The van der Waals surface area contributed by atoms with Gasteiger partial charge in [0.15, 0.2) is 0 Å². The average molecular weight is 407 g/mol. The number of hydrogen-bond acceptors (Lipinski definition) is 5. The molecule has 1 fully saturated rings. The predicted molar refractivity (Wildman–Crippen MR) is 96.5 cm³/mol. The van der Waals surface area contributed by atoms with Crippen LogP contribution in [-0.4, -0.2) is 50.5 Å². The van der Waals surface area contributed by atoms with Crippen molar-refractivity contribution in [3.63, 3.8) is 0 Å². The molecule has 0 bridgehead atoms. The van der Waals surface area contributed by atoms with E-state index in [9.17, 15) is 18.4 Å². The first-order valence-electron chi connectivity index (χ1n) is 8.44. The molecule has 6 nitrogen and oxygen atoms in total. The summed E-state index contributed by atoms with van der Waals surface area (Å²) in [7, 11) is 0. The lowest BCUT2D eigenvalue weighted by Crippen LogP contribution is -2.64. The molecule has 0 N–H and O–H groups in total. The summed E-state index contributed by atoms with van der Waals surface area (Å²) in [6, 6.07) is 9.05. The van der Waals surface area contributed by atoms with Crippen molar-refractivity contribution in [3.05, 3.63) is 41.8 Å². The first-order chi connectivity index (χ1) is 13.3. The van der Waals surface area contributed by atoms with E-state index in [0.29, 0.717) is 16.9 Å². The zero-order valence-electron chi connectivity index (χ0n) is 14.5. The maximum absolute atomic E-state index is 12.6. The van der Waals surface area contributed by atoms with Crippen LogP contribution in [0.15, 0.2) is 36.7 Å². The number of nitrogens with zero attached hydrogens (tertiary/aromatic N) is 6. The third-order valence-corrected chi connectivity index (χ3v) is 4.93. The Morgan fingerprint density at radius 3 is 2.79 bits per heavy atom. The molecule has 4 heterocycles. The summed E-state index contributed by atoms with van der Waals surface area (Å²) in [5, 5.41) is 14.7. The predicted octanol–water partition coefficient (Wildman–Crippen LogP) is 3.63. The van der Waals surface area contributed by atoms with E-state index in [4.69, 9.17) is 11.6 Å². The van der Waals surface area contributed by atoms with Gasteiger partial charge in [-0.05, 0) is 18.2 Å². The van der Waals surface area contributed by atoms with Crippen molar-refractivity contribution in [1.82, 2.24) is 24.6 Å². The van der Waals surface area contributed by atoms with Crippen molar-refractivity contribution in [1.29, 1.82) is 5.26 Å². The van der Waals surface area contributed by atoms with Crippen LogP contribution >= 0.6 is 11.6 Å². The van der Waals surface area contributed by atoms with Gasteiger partial charge in [0.05, 0.1) is 24.6 Å². The molecule has 0 unspecified atom stereocenters. The molecule has 4 rings (SSSR count). The van der Waals surface area contributed by atoms with Gasteiger partial charge < -0.3 is 0 Å². The summed E-state index contributed by atoms with van der Waals surface area (Å²) in [4.78, 5) is 9.87. The Morgan fingerprint density at radius 2 is 2.07 bits per heavy atom. The number of aromatic nitrogens is 4. The Labute approximate surface area is 163 Å². The fraction of sp³-hybridized carbons (Fsp3) is 0.333. The Kier molecular flexibility index (Phi) is 4.48. The van der Waals surface area contributed by atoms with Crippen molar-refractivity contribution in [2.75, 3.05) is 19.6 Å². The van der Waals surface area contributed by atoms with Crippen LogP contribution in [0.2, 0.25) is 5.15 Å². The molecule has 0 spiro atoms. The van der Waals surface area contributed by atoms with Crippen LogP contribution < -0.4 is 0 Å². The van der Waals surface area contributed by atoms with E-state index in [2.05, 4.69) is 21.1 Å². The SMILES string of the molecule is N#CCC1(n2ccc(-c3nc(Cl)cc4ncccc34)n2)CN(CC(F)(F)F)C1. The zero-order valence-corrected chi connectivity index (χ0v) is 15.2. The number of alkyl halides is 3. The summed E-state index contributed by atoms with van der Waals surface area (Å²) < 4.78 is 39.4. The highest BCUT2D eigenvalue weighted by Gasteiger charge is 2.48. The fourth-order valence-electron chi connectivity index (χ4n) is 3.59. The standard InChI is InChI=1S/C18H14ClF3N6/c19-15-8-14-12(2-1-6-24-14)16(25-15)13-3-7-28(26-13)17(4-5-23)9-27(10-17)11-18(20,21)22/h1-3,6-8H,4,9-11H2. The van der Waals surface area contributed by atoms with E-state index in [1.54, 1.807) is 35.3 Å². The summed E-state index contributed by atoms with van der Waals surface area (Å²) in [6.45, 7) is -0.792. The monoisotopic (exact) mass is 406 g/mol. The maximum Gasteiger partial charge on any atom is 0.401 e. The Bertz CT molecular complexity index is 1070. The van der Waals surface area contributed by atoms with Crippen LogP contribution in [-0.2, 0) is 5.54 Å². The highest BCUT2D eigenvalue weighted by Crippen LogP contribution is 2.35. The lowest BCUT2D eigenvalue weighted by atomic mass is 9.87. The normalized spacial score (nSPS) is 16.7. The number of halogens is 4. The van der Waals surface area contributed by atoms with Crippen LogP contribution in [0.25, 0.3) is 22.3 Å². The zero-order chi connectivity index (χ0) is 19.9. The number of fused-ring (bicyclic) bond motifs is 1. The molecule has 0 saturated carbocycles.